The third kappa shape index (κ3) is 11.7. The molecule has 0 saturated carbocycles. The van der Waals surface area contributed by atoms with Crippen LogP contribution in [0.4, 0.5) is 17.1 Å². The Balaban J connectivity index is 1.36. The molecule has 9 nitrogen and oxygen atoms in total. The zero-order chi connectivity index (χ0) is 42.3. The molecule has 60 heavy (non-hydrogen) atoms. The summed E-state index contributed by atoms with van der Waals surface area (Å²) in [5.74, 6) is 1.92. The number of halogens is 6. The molecule has 6 aromatic carbocycles. The molecule has 6 bridgehead atoms. The number of fused-ring (bicyclic) bond motifs is 9. The molecule has 0 saturated heterocycles. The van der Waals surface area contributed by atoms with Crippen LogP contribution in [0.2, 0.25) is 0 Å². The van der Waals surface area contributed by atoms with E-state index in [9.17, 15) is 0 Å². The first-order valence-corrected chi connectivity index (χ1v) is 24.5. The SMILES string of the molecule is COB1Oc2c(I)cc(I)cc2C=Nc2cccc(c2)B(OC)Oc2c(I)cc(I)cc2C=Nc2cccc(c2)B(OC)Oc2c(I)cc(I)cc2C=Nc2cccc1c2. The van der Waals surface area contributed by atoms with Crippen molar-refractivity contribution in [3.8, 4) is 17.2 Å². The second kappa shape index (κ2) is 21.7. The predicted molar refractivity (Wildman–Crippen MR) is 296 cm³/mol. The van der Waals surface area contributed by atoms with Gasteiger partial charge in [-0.25, -0.2) is 0 Å². The van der Waals surface area contributed by atoms with Gasteiger partial charge in [-0.2, -0.15) is 0 Å². The maximum atomic E-state index is 6.65. The van der Waals surface area contributed by atoms with Crippen LogP contribution >= 0.6 is 136 Å². The summed E-state index contributed by atoms with van der Waals surface area (Å²) in [6.07, 6.45) is 5.43. The van der Waals surface area contributed by atoms with E-state index in [0.29, 0.717) is 34.3 Å². The van der Waals surface area contributed by atoms with Crippen molar-refractivity contribution >= 4 is 209 Å². The summed E-state index contributed by atoms with van der Waals surface area (Å²) < 4.78 is 43.7. The van der Waals surface area contributed by atoms with Crippen molar-refractivity contribution in [3.63, 3.8) is 0 Å². The lowest BCUT2D eigenvalue weighted by molar-refractivity contribution is 0.347. The molecule has 7 rings (SSSR count). The smallest absolute Gasteiger partial charge is 0.531 e. The van der Waals surface area contributed by atoms with Gasteiger partial charge in [0.1, 0.15) is 17.2 Å². The molecule has 0 fully saturated rings. The van der Waals surface area contributed by atoms with Crippen molar-refractivity contribution in [2.75, 3.05) is 21.3 Å². The molecule has 0 radical (unpaired) electrons. The number of hydrogen-bond acceptors (Lipinski definition) is 9. The number of benzene rings is 6. The van der Waals surface area contributed by atoms with E-state index < -0.39 is 21.4 Å². The van der Waals surface area contributed by atoms with Crippen LogP contribution in [-0.2, 0) is 14.0 Å². The lowest BCUT2D eigenvalue weighted by Crippen LogP contribution is -2.39. The van der Waals surface area contributed by atoms with E-state index in [-0.39, 0.29) is 0 Å². The van der Waals surface area contributed by atoms with Crippen LogP contribution in [0, 0.1) is 21.4 Å². The minimum absolute atomic E-state index is 0.641. The molecule has 0 spiro atoms. The first-order chi connectivity index (χ1) is 29.0. The lowest BCUT2D eigenvalue weighted by atomic mass is 9.78. The quantitative estimate of drug-likeness (QED) is 0.130. The Labute approximate surface area is 432 Å². The Morgan fingerprint density at radius 1 is 0.400 bits per heavy atom. The Bertz CT molecular complexity index is 2360. The summed E-state index contributed by atoms with van der Waals surface area (Å²) in [6.45, 7) is 0. The van der Waals surface area contributed by atoms with Crippen LogP contribution in [0.5, 0.6) is 17.2 Å². The zero-order valence-electron chi connectivity index (χ0n) is 31.9. The monoisotopic (exact) mass is 1470 g/mol. The van der Waals surface area contributed by atoms with Gasteiger partial charge < -0.3 is 27.9 Å². The number of aliphatic imine (C=N–C) groups is 3. The molecule has 1 aliphatic heterocycles. The van der Waals surface area contributed by atoms with Crippen LogP contribution in [0.15, 0.2) is 124 Å². The van der Waals surface area contributed by atoms with Gasteiger partial charge in [0.15, 0.2) is 0 Å². The van der Waals surface area contributed by atoms with Crippen LogP contribution in [0.1, 0.15) is 16.7 Å². The highest BCUT2D eigenvalue weighted by atomic mass is 127. The molecule has 18 heteroatoms. The fourth-order valence-corrected chi connectivity index (χ4v) is 12.2. The van der Waals surface area contributed by atoms with Gasteiger partial charge in [0, 0.05) is 67.4 Å². The molecule has 0 N–H and O–H groups in total. The molecule has 0 aromatic heterocycles. The molecule has 0 unspecified atom stereocenters. The number of rotatable bonds is 3. The van der Waals surface area contributed by atoms with Gasteiger partial charge in [-0.15, -0.1) is 0 Å². The predicted octanol–water partition coefficient (Wildman–Crippen LogP) is 10.1. The summed E-state index contributed by atoms with van der Waals surface area (Å²) in [5.41, 5.74) is 6.91. The Morgan fingerprint density at radius 2 is 0.683 bits per heavy atom. The highest BCUT2D eigenvalue weighted by Gasteiger charge is 2.28. The first-order valence-electron chi connectivity index (χ1n) is 18.0. The first kappa shape index (κ1) is 46.2. The third-order valence-electron chi connectivity index (χ3n) is 8.91. The molecule has 0 amide bonds. The summed E-state index contributed by atoms with van der Waals surface area (Å²) >= 11 is 13.8. The van der Waals surface area contributed by atoms with E-state index >= 15 is 0 Å². The van der Waals surface area contributed by atoms with Crippen molar-refractivity contribution in [1.29, 1.82) is 0 Å². The zero-order valence-corrected chi connectivity index (χ0v) is 44.9. The number of nitrogens with zero attached hydrogens (tertiary/aromatic N) is 3. The average molecular weight is 1470 g/mol. The maximum Gasteiger partial charge on any atom is 0.562 e. The standard InChI is InChI=1S/C42H30B3I6N3O6/c1-55-43-28-7-4-10-34(16-28)52-23-26-14-32(47)20-38(50)41(26)59-45(57-3)30-9-6-12-36(18-30)54-24-27-15-33(48)21-39(51)42(27)60-44(56-2)29-8-5-11-35(17-29)53-22-25-13-31(46)19-37(49)40(25)58-43/h4-24H,1-3H3. The minimum atomic E-state index is -0.736. The molecule has 0 aliphatic carbocycles. The highest BCUT2D eigenvalue weighted by molar-refractivity contribution is 14.1. The molecular formula is C42H30B3I6N3O6. The minimum Gasteiger partial charge on any atom is -0.531 e. The second-order valence-electron chi connectivity index (χ2n) is 13.0. The van der Waals surface area contributed by atoms with Crippen molar-refractivity contribution in [3.05, 3.63) is 147 Å². The van der Waals surface area contributed by atoms with Crippen LogP contribution in [-0.4, -0.2) is 61.3 Å². The summed E-state index contributed by atoms with van der Waals surface area (Å²) in [7, 11) is 2.67. The van der Waals surface area contributed by atoms with Gasteiger partial charge in [-0.05, 0) is 225 Å². The van der Waals surface area contributed by atoms with E-state index in [1.807, 2.05) is 110 Å². The maximum absolute atomic E-state index is 6.65. The van der Waals surface area contributed by atoms with Crippen LogP contribution in [0.3, 0.4) is 0 Å². The van der Waals surface area contributed by atoms with E-state index in [1.165, 1.54) is 0 Å². The normalized spacial score (nSPS) is 13.1. The summed E-state index contributed by atoms with van der Waals surface area (Å²) in [5, 5.41) is 0. The molecule has 1 heterocycles. The summed E-state index contributed by atoms with van der Waals surface area (Å²) in [4.78, 5) is 14.7. The largest absolute Gasteiger partial charge is 0.562 e. The van der Waals surface area contributed by atoms with E-state index in [1.54, 1.807) is 21.3 Å². The van der Waals surface area contributed by atoms with Gasteiger partial charge in [0.05, 0.1) is 27.8 Å². The summed E-state index contributed by atoms with van der Waals surface area (Å²) in [6, 6.07) is 35.6. The van der Waals surface area contributed by atoms with E-state index in [4.69, 9.17) is 42.9 Å². The lowest BCUT2D eigenvalue weighted by Gasteiger charge is -2.18. The second-order valence-corrected chi connectivity index (χ2v) is 20.3. The van der Waals surface area contributed by atoms with Crippen molar-refractivity contribution in [1.82, 2.24) is 0 Å². The van der Waals surface area contributed by atoms with E-state index in [0.717, 1.165) is 54.5 Å². The number of hydrogen-bond donors (Lipinski definition) is 0. The highest BCUT2D eigenvalue weighted by Crippen LogP contribution is 2.32. The molecule has 1 aliphatic rings. The van der Waals surface area contributed by atoms with Gasteiger partial charge in [0.2, 0.25) is 0 Å². The van der Waals surface area contributed by atoms with Crippen molar-refractivity contribution in [2.45, 2.75) is 0 Å². The van der Waals surface area contributed by atoms with Crippen LogP contribution in [0.25, 0.3) is 0 Å². The molecule has 300 valence electrons. The third-order valence-corrected chi connectivity index (χ3v) is 13.2. The average Bonchev–Trinajstić information content (AvgIpc) is 3.23. The van der Waals surface area contributed by atoms with Gasteiger partial charge >= 0.3 is 21.4 Å². The Kier molecular flexibility index (Phi) is 16.7. The Morgan fingerprint density at radius 3 is 0.950 bits per heavy atom. The van der Waals surface area contributed by atoms with Crippen LogP contribution < -0.4 is 30.4 Å². The van der Waals surface area contributed by atoms with Crippen molar-refractivity contribution in [2.24, 2.45) is 15.0 Å². The van der Waals surface area contributed by atoms with E-state index in [2.05, 4.69) is 154 Å². The molecule has 6 aromatic rings. The van der Waals surface area contributed by atoms with Gasteiger partial charge in [-0.1, -0.05) is 36.4 Å². The fourth-order valence-electron chi connectivity index (χ4n) is 6.17. The van der Waals surface area contributed by atoms with Gasteiger partial charge in [-0.3, -0.25) is 15.0 Å². The van der Waals surface area contributed by atoms with Gasteiger partial charge in [0.25, 0.3) is 0 Å². The molecular weight excluding hydrogens is 1440 g/mol. The fraction of sp³-hybridized carbons (Fsp3) is 0.0714. The van der Waals surface area contributed by atoms with Crippen molar-refractivity contribution < 1.29 is 27.9 Å². The Hall–Kier alpha value is -1.82. The topological polar surface area (TPSA) is 92.5 Å². The molecule has 0 atom stereocenters.